The number of piperazine rings is 1. The molecule has 1 fully saturated rings. The average molecular weight is 379 g/mol. The van der Waals surface area contributed by atoms with E-state index in [1.54, 1.807) is 0 Å². The smallest absolute Gasteiger partial charge is 0.120 e. The summed E-state index contributed by atoms with van der Waals surface area (Å²) in [6.45, 7) is 7.00. The zero-order valence-electron chi connectivity index (χ0n) is 15.7. The third-order valence-electron chi connectivity index (χ3n) is 4.96. The fourth-order valence-corrected chi connectivity index (χ4v) is 4.67. The number of hydrogen-bond acceptors (Lipinski definition) is 4. The minimum absolute atomic E-state index is 0.297. The molecule has 4 rings (SSSR count). The largest absolute Gasteiger partial charge is 0.489 e. The molecule has 140 valence electrons. The van der Waals surface area contributed by atoms with Crippen molar-refractivity contribution in [3.8, 4) is 5.75 Å². The van der Waals surface area contributed by atoms with Gasteiger partial charge in [-0.3, -0.25) is 4.90 Å². The molecule has 1 aliphatic rings. The van der Waals surface area contributed by atoms with Gasteiger partial charge in [0.2, 0.25) is 0 Å². The van der Waals surface area contributed by atoms with Gasteiger partial charge in [0.15, 0.2) is 0 Å². The Morgan fingerprint density at radius 3 is 2.59 bits per heavy atom. The van der Waals surface area contributed by atoms with Gasteiger partial charge in [0.05, 0.1) is 6.04 Å². The Morgan fingerprint density at radius 1 is 1.04 bits per heavy atom. The van der Waals surface area contributed by atoms with Gasteiger partial charge in [0.1, 0.15) is 12.4 Å². The maximum atomic E-state index is 6.08. The van der Waals surface area contributed by atoms with E-state index in [4.69, 9.17) is 4.74 Å². The molecule has 1 aliphatic heterocycles. The molecule has 27 heavy (non-hydrogen) atoms. The van der Waals surface area contributed by atoms with Crippen LogP contribution in [-0.4, -0.2) is 31.1 Å². The zero-order valence-corrected chi connectivity index (χ0v) is 16.5. The molecule has 1 aromatic heterocycles. The Bertz CT molecular complexity index is 856. The van der Waals surface area contributed by atoms with E-state index in [9.17, 15) is 0 Å². The Balaban J connectivity index is 1.58. The van der Waals surface area contributed by atoms with Crippen LogP contribution in [0.15, 0.2) is 66.0 Å². The van der Waals surface area contributed by atoms with E-state index >= 15 is 0 Å². The van der Waals surface area contributed by atoms with Crippen molar-refractivity contribution >= 4 is 11.3 Å². The van der Waals surface area contributed by atoms with E-state index in [2.05, 4.69) is 77.1 Å². The van der Waals surface area contributed by atoms with Crippen LogP contribution in [-0.2, 0) is 6.61 Å². The second-order valence-electron chi connectivity index (χ2n) is 7.06. The molecule has 4 heteroatoms. The highest BCUT2D eigenvalue weighted by atomic mass is 32.1. The number of rotatable bonds is 6. The molecular formula is C23H26N2OS. The molecule has 2 heterocycles. The lowest BCUT2D eigenvalue weighted by Gasteiger charge is -2.35. The first-order valence-electron chi connectivity index (χ1n) is 9.56. The zero-order chi connectivity index (χ0) is 18.5. The molecule has 2 aromatic carbocycles. The van der Waals surface area contributed by atoms with Gasteiger partial charge in [-0.2, -0.15) is 0 Å². The van der Waals surface area contributed by atoms with Gasteiger partial charge in [-0.15, -0.1) is 11.3 Å². The Labute approximate surface area is 165 Å². The Kier molecular flexibility index (Phi) is 5.87. The van der Waals surface area contributed by atoms with Gasteiger partial charge in [-0.1, -0.05) is 42.5 Å². The SMILES string of the molecule is Cc1csc(C(c2cccc(OCc3ccccc3)c2)N2CCNCC2)c1. The van der Waals surface area contributed by atoms with Gasteiger partial charge in [-0.05, 0) is 47.2 Å². The highest BCUT2D eigenvalue weighted by Crippen LogP contribution is 2.34. The molecule has 0 saturated carbocycles. The summed E-state index contributed by atoms with van der Waals surface area (Å²) in [6, 6.07) is 21.6. The fraction of sp³-hybridized carbons (Fsp3) is 0.304. The van der Waals surface area contributed by atoms with E-state index in [1.165, 1.54) is 21.6 Å². The minimum Gasteiger partial charge on any atom is -0.489 e. The van der Waals surface area contributed by atoms with Crippen molar-refractivity contribution in [3.63, 3.8) is 0 Å². The number of nitrogens with zero attached hydrogens (tertiary/aromatic N) is 1. The van der Waals surface area contributed by atoms with Crippen molar-refractivity contribution in [2.45, 2.75) is 19.6 Å². The summed E-state index contributed by atoms with van der Waals surface area (Å²) in [4.78, 5) is 3.99. The molecule has 1 saturated heterocycles. The molecule has 1 unspecified atom stereocenters. The summed E-state index contributed by atoms with van der Waals surface area (Å²) in [5.74, 6) is 0.935. The quantitative estimate of drug-likeness (QED) is 0.677. The van der Waals surface area contributed by atoms with Crippen molar-refractivity contribution in [3.05, 3.63) is 87.6 Å². The summed E-state index contributed by atoms with van der Waals surface area (Å²) in [5.41, 5.74) is 3.84. The third kappa shape index (κ3) is 4.59. The van der Waals surface area contributed by atoms with Crippen LogP contribution in [0.3, 0.4) is 0 Å². The highest BCUT2D eigenvalue weighted by molar-refractivity contribution is 7.10. The normalized spacial score (nSPS) is 16.2. The number of ether oxygens (including phenoxy) is 1. The first-order chi connectivity index (χ1) is 13.3. The van der Waals surface area contributed by atoms with Crippen LogP contribution in [0.1, 0.15) is 27.6 Å². The van der Waals surface area contributed by atoms with E-state index in [0.29, 0.717) is 12.6 Å². The lowest BCUT2D eigenvalue weighted by molar-refractivity contribution is 0.200. The van der Waals surface area contributed by atoms with Gasteiger partial charge in [0, 0.05) is 31.1 Å². The minimum atomic E-state index is 0.297. The highest BCUT2D eigenvalue weighted by Gasteiger charge is 2.25. The van der Waals surface area contributed by atoms with Gasteiger partial charge in [-0.25, -0.2) is 0 Å². The van der Waals surface area contributed by atoms with Crippen LogP contribution in [0.5, 0.6) is 5.75 Å². The first-order valence-corrected chi connectivity index (χ1v) is 10.4. The van der Waals surface area contributed by atoms with Crippen molar-refractivity contribution in [1.29, 1.82) is 0 Å². The van der Waals surface area contributed by atoms with Crippen LogP contribution in [0.25, 0.3) is 0 Å². The second-order valence-corrected chi connectivity index (χ2v) is 8.00. The molecular weight excluding hydrogens is 352 g/mol. The van der Waals surface area contributed by atoms with E-state index in [1.807, 2.05) is 17.4 Å². The van der Waals surface area contributed by atoms with Gasteiger partial charge < -0.3 is 10.1 Å². The summed E-state index contributed by atoms with van der Waals surface area (Å²) in [7, 11) is 0. The first kappa shape index (κ1) is 18.2. The lowest BCUT2D eigenvalue weighted by atomic mass is 10.0. The molecule has 1 N–H and O–H groups in total. The third-order valence-corrected chi connectivity index (χ3v) is 6.06. The van der Waals surface area contributed by atoms with Gasteiger partial charge in [0.25, 0.3) is 0 Å². The predicted molar refractivity (Wildman–Crippen MR) is 113 cm³/mol. The summed E-state index contributed by atoms with van der Waals surface area (Å²) in [6.07, 6.45) is 0. The van der Waals surface area contributed by atoms with Crippen molar-refractivity contribution in [2.75, 3.05) is 26.2 Å². The number of hydrogen-bond donors (Lipinski definition) is 1. The van der Waals surface area contributed by atoms with Gasteiger partial charge >= 0.3 is 0 Å². The molecule has 3 nitrogen and oxygen atoms in total. The van der Waals surface area contributed by atoms with E-state index < -0.39 is 0 Å². The monoisotopic (exact) mass is 378 g/mol. The number of thiophene rings is 1. The predicted octanol–water partition coefficient (Wildman–Crippen LogP) is 4.63. The maximum Gasteiger partial charge on any atom is 0.120 e. The molecule has 0 aliphatic carbocycles. The number of nitrogens with one attached hydrogen (secondary N) is 1. The average Bonchev–Trinajstić information content (AvgIpc) is 3.14. The van der Waals surface area contributed by atoms with Crippen LogP contribution in [0.2, 0.25) is 0 Å². The van der Waals surface area contributed by atoms with Crippen LogP contribution < -0.4 is 10.1 Å². The number of aryl methyl sites for hydroxylation is 1. The molecule has 1 atom stereocenters. The second kappa shape index (κ2) is 8.70. The summed E-state index contributed by atoms with van der Waals surface area (Å²) < 4.78 is 6.08. The number of benzene rings is 2. The van der Waals surface area contributed by atoms with Crippen LogP contribution >= 0.6 is 11.3 Å². The van der Waals surface area contributed by atoms with E-state index in [0.717, 1.165) is 31.9 Å². The molecule has 0 amide bonds. The maximum absolute atomic E-state index is 6.08. The summed E-state index contributed by atoms with van der Waals surface area (Å²) >= 11 is 1.86. The topological polar surface area (TPSA) is 24.5 Å². The van der Waals surface area contributed by atoms with Crippen LogP contribution in [0.4, 0.5) is 0 Å². The lowest BCUT2D eigenvalue weighted by Crippen LogP contribution is -2.45. The fourth-order valence-electron chi connectivity index (χ4n) is 3.61. The Hall–Kier alpha value is -2.14. The molecule has 0 radical (unpaired) electrons. The van der Waals surface area contributed by atoms with Crippen LogP contribution in [0, 0.1) is 6.92 Å². The molecule has 0 spiro atoms. The van der Waals surface area contributed by atoms with E-state index in [-0.39, 0.29) is 0 Å². The van der Waals surface area contributed by atoms with Crippen molar-refractivity contribution in [2.24, 2.45) is 0 Å². The summed E-state index contributed by atoms with van der Waals surface area (Å²) in [5, 5.41) is 5.71. The molecule has 0 bridgehead atoms. The molecule has 3 aromatic rings. The Morgan fingerprint density at radius 2 is 1.85 bits per heavy atom. The van der Waals surface area contributed by atoms with Crippen molar-refractivity contribution in [1.82, 2.24) is 10.2 Å². The van der Waals surface area contributed by atoms with Crippen molar-refractivity contribution < 1.29 is 4.74 Å². The standard InChI is InChI=1S/C23H26N2OS/c1-18-14-22(27-17-18)23(25-12-10-24-11-13-25)20-8-5-9-21(15-20)26-16-19-6-3-2-4-7-19/h2-9,14-15,17,23-24H,10-13,16H2,1H3.